The average Bonchev–Trinajstić information content (AvgIpc) is 3.18. The van der Waals surface area contributed by atoms with Gasteiger partial charge >= 0.3 is 5.97 Å². The maximum atomic E-state index is 12.8. The van der Waals surface area contributed by atoms with Gasteiger partial charge in [-0.25, -0.2) is 8.42 Å². The van der Waals surface area contributed by atoms with Crippen LogP contribution in [0.5, 0.6) is 0 Å². The number of sulfone groups is 1. The Morgan fingerprint density at radius 2 is 1.65 bits per heavy atom. The molecule has 0 aliphatic heterocycles. The van der Waals surface area contributed by atoms with E-state index in [1.54, 1.807) is 30.3 Å². The maximum absolute atomic E-state index is 12.8. The Balaban J connectivity index is 2.07. The molecule has 120 valence electrons. The minimum Gasteiger partial charge on any atom is -0.480 e. The van der Waals surface area contributed by atoms with Gasteiger partial charge in [0.2, 0.25) is 0 Å². The molecular formula is C17H17NO4S. The summed E-state index contributed by atoms with van der Waals surface area (Å²) >= 11 is 0. The normalized spacial score (nSPS) is 26.7. The van der Waals surface area contributed by atoms with E-state index < -0.39 is 32.5 Å². The number of nitrogens with two attached hydrogens (primary N) is 1. The first-order valence-corrected chi connectivity index (χ1v) is 8.72. The molecule has 1 fully saturated rings. The number of aryl methyl sites for hydroxylation is 1. The van der Waals surface area contributed by atoms with Crippen molar-refractivity contribution in [2.75, 3.05) is 0 Å². The summed E-state index contributed by atoms with van der Waals surface area (Å²) in [5.74, 6) is -2.06. The van der Waals surface area contributed by atoms with E-state index in [-0.39, 0.29) is 4.90 Å². The molecular weight excluding hydrogens is 314 g/mol. The number of carboxylic acid groups (broad SMARTS) is 1. The molecule has 1 aliphatic carbocycles. The van der Waals surface area contributed by atoms with Crippen LogP contribution in [0.25, 0.3) is 0 Å². The third-order valence-electron chi connectivity index (χ3n) is 4.39. The molecule has 23 heavy (non-hydrogen) atoms. The lowest BCUT2D eigenvalue weighted by molar-refractivity contribution is -0.139. The molecule has 0 radical (unpaired) electrons. The van der Waals surface area contributed by atoms with E-state index in [1.165, 1.54) is 12.1 Å². The second kappa shape index (κ2) is 5.18. The van der Waals surface area contributed by atoms with Crippen molar-refractivity contribution in [3.8, 4) is 0 Å². The number of carbonyl (C=O) groups is 1. The summed E-state index contributed by atoms with van der Waals surface area (Å²) in [4.78, 5) is 11.7. The zero-order valence-electron chi connectivity index (χ0n) is 12.5. The smallest absolute Gasteiger partial charge is 0.325 e. The van der Waals surface area contributed by atoms with Crippen LogP contribution < -0.4 is 5.73 Å². The summed E-state index contributed by atoms with van der Waals surface area (Å²) in [5.41, 5.74) is 5.83. The van der Waals surface area contributed by atoms with Crippen LogP contribution in [0.15, 0.2) is 59.5 Å². The summed E-state index contributed by atoms with van der Waals surface area (Å²) in [7, 11) is -3.83. The van der Waals surface area contributed by atoms with Gasteiger partial charge in [-0.05, 0) is 24.6 Å². The molecule has 3 atom stereocenters. The maximum Gasteiger partial charge on any atom is 0.325 e. The summed E-state index contributed by atoms with van der Waals surface area (Å²) in [6.07, 6.45) is 0. The van der Waals surface area contributed by atoms with Crippen molar-refractivity contribution in [3.05, 3.63) is 65.7 Å². The Morgan fingerprint density at radius 1 is 1.09 bits per heavy atom. The molecule has 5 nitrogen and oxygen atoms in total. The fraction of sp³-hybridized carbons (Fsp3) is 0.235. The molecule has 0 heterocycles. The Bertz CT molecular complexity index is 846. The molecule has 0 amide bonds. The third kappa shape index (κ3) is 2.34. The van der Waals surface area contributed by atoms with Crippen LogP contribution in [0.2, 0.25) is 0 Å². The Hall–Kier alpha value is -2.18. The van der Waals surface area contributed by atoms with Crippen LogP contribution >= 0.6 is 0 Å². The summed E-state index contributed by atoms with van der Waals surface area (Å²) in [5, 5.41) is 8.32. The van der Waals surface area contributed by atoms with E-state index in [9.17, 15) is 18.3 Å². The topological polar surface area (TPSA) is 97.5 Å². The number of aliphatic carboxylic acids is 1. The number of benzene rings is 2. The van der Waals surface area contributed by atoms with Gasteiger partial charge in [-0.1, -0.05) is 48.0 Å². The van der Waals surface area contributed by atoms with E-state index in [2.05, 4.69) is 0 Å². The summed E-state index contributed by atoms with van der Waals surface area (Å²) in [6.45, 7) is 1.90. The molecule has 0 spiro atoms. The molecule has 3 unspecified atom stereocenters. The minimum atomic E-state index is -3.83. The van der Waals surface area contributed by atoms with E-state index in [0.29, 0.717) is 5.56 Å². The lowest BCUT2D eigenvalue weighted by Gasteiger charge is -2.06. The molecule has 0 bridgehead atoms. The molecule has 0 saturated heterocycles. The molecule has 3 N–H and O–H groups in total. The molecule has 1 aliphatic rings. The predicted molar refractivity (Wildman–Crippen MR) is 85.9 cm³/mol. The first-order valence-electron chi connectivity index (χ1n) is 7.17. The minimum absolute atomic E-state index is 0.0932. The quantitative estimate of drug-likeness (QED) is 0.889. The van der Waals surface area contributed by atoms with Gasteiger partial charge in [0, 0.05) is 5.92 Å². The standard InChI is InChI=1S/C17H17NO4S/c1-11-7-9-12(10-8-11)14-15(17(14,18)16(19)20)23(21,22)13-5-3-2-4-6-13/h2-10,14-15H,18H2,1H3,(H,19,20). The van der Waals surface area contributed by atoms with E-state index in [4.69, 9.17) is 5.73 Å². The fourth-order valence-corrected chi connectivity index (χ4v) is 5.30. The van der Waals surface area contributed by atoms with Crippen molar-refractivity contribution in [2.24, 2.45) is 5.73 Å². The molecule has 2 aromatic rings. The highest BCUT2D eigenvalue weighted by Crippen LogP contribution is 2.55. The molecule has 6 heteroatoms. The van der Waals surface area contributed by atoms with Crippen molar-refractivity contribution in [1.29, 1.82) is 0 Å². The molecule has 3 rings (SSSR count). The second-order valence-corrected chi connectivity index (χ2v) is 7.97. The molecule has 2 aromatic carbocycles. The first-order chi connectivity index (χ1) is 10.8. The average molecular weight is 331 g/mol. The number of rotatable bonds is 4. The number of carboxylic acids is 1. The Kier molecular flexibility index (Phi) is 3.54. The second-order valence-electron chi connectivity index (χ2n) is 5.91. The lowest BCUT2D eigenvalue weighted by Crippen LogP contribution is -2.39. The van der Waals surface area contributed by atoms with Gasteiger partial charge < -0.3 is 10.8 Å². The predicted octanol–water partition coefficient (Wildman–Crippen LogP) is 1.72. The highest BCUT2D eigenvalue weighted by molar-refractivity contribution is 7.92. The van der Waals surface area contributed by atoms with Crippen LogP contribution in [0.4, 0.5) is 0 Å². The van der Waals surface area contributed by atoms with Gasteiger partial charge in [0.05, 0.1) is 4.90 Å². The van der Waals surface area contributed by atoms with Gasteiger partial charge in [0.15, 0.2) is 9.84 Å². The van der Waals surface area contributed by atoms with Crippen molar-refractivity contribution in [2.45, 2.75) is 28.5 Å². The molecule has 0 aromatic heterocycles. The highest BCUT2D eigenvalue weighted by Gasteiger charge is 2.74. The Morgan fingerprint density at radius 3 is 2.17 bits per heavy atom. The SMILES string of the molecule is Cc1ccc(C2C(S(=O)(=O)c3ccccc3)C2(N)C(=O)O)cc1. The van der Waals surface area contributed by atoms with Crippen molar-refractivity contribution in [3.63, 3.8) is 0 Å². The zero-order chi connectivity index (χ0) is 16.8. The largest absolute Gasteiger partial charge is 0.480 e. The summed E-state index contributed by atoms with van der Waals surface area (Å²) < 4.78 is 25.6. The fourth-order valence-electron chi connectivity index (χ4n) is 3.05. The lowest BCUT2D eigenvalue weighted by atomic mass is 10.1. The van der Waals surface area contributed by atoms with Gasteiger partial charge in [0.25, 0.3) is 0 Å². The van der Waals surface area contributed by atoms with Crippen LogP contribution in [-0.2, 0) is 14.6 Å². The van der Waals surface area contributed by atoms with Gasteiger partial charge in [-0.3, -0.25) is 4.79 Å². The van der Waals surface area contributed by atoms with E-state index >= 15 is 0 Å². The monoisotopic (exact) mass is 331 g/mol. The van der Waals surface area contributed by atoms with Crippen molar-refractivity contribution in [1.82, 2.24) is 0 Å². The zero-order valence-corrected chi connectivity index (χ0v) is 13.3. The van der Waals surface area contributed by atoms with E-state index in [1.807, 2.05) is 19.1 Å². The van der Waals surface area contributed by atoms with Crippen LogP contribution in [-0.4, -0.2) is 30.3 Å². The van der Waals surface area contributed by atoms with Crippen LogP contribution in [0, 0.1) is 6.92 Å². The summed E-state index contributed by atoms with van der Waals surface area (Å²) in [6, 6.07) is 15.0. The molecule has 1 saturated carbocycles. The first kappa shape index (κ1) is 15.7. The van der Waals surface area contributed by atoms with Gasteiger partial charge in [-0.2, -0.15) is 0 Å². The third-order valence-corrected chi connectivity index (χ3v) is 6.65. The van der Waals surface area contributed by atoms with Crippen LogP contribution in [0.3, 0.4) is 0 Å². The van der Waals surface area contributed by atoms with Crippen LogP contribution in [0.1, 0.15) is 17.0 Å². The Labute approximate surface area is 134 Å². The number of hydrogen-bond donors (Lipinski definition) is 2. The highest BCUT2D eigenvalue weighted by atomic mass is 32.2. The van der Waals surface area contributed by atoms with Gasteiger partial charge in [-0.15, -0.1) is 0 Å². The van der Waals surface area contributed by atoms with Crippen molar-refractivity contribution < 1.29 is 18.3 Å². The number of hydrogen-bond acceptors (Lipinski definition) is 4. The van der Waals surface area contributed by atoms with Crippen molar-refractivity contribution >= 4 is 15.8 Å². The van der Waals surface area contributed by atoms with Gasteiger partial charge in [0.1, 0.15) is 10.8 Å². The van der Waals surface area contributed by atoms with E-state index in [0.717, 1.165) is 5.56 Å².